The van der Waals surface area contributed by atoms with E-state index >= 15 is 0 Å². The van der Waals surface area contributed by atoms with Crippen molar-refractivity contribution in [1.82, 2.24) is 4.90 Å². The summed E-state index contributed by atoms with van der Waals surface area (Å²) in [7, 11) is 0. The van der Waals surface area contributed by atoms with Gasteiger partial charge < -0.3 is 4.74 Å². The Morgan fingerprint density at radius 2 is 1.81 bits per heavy atom. The van der Waals surface area contributed by atoms with Crippen molar-refractivity contribution < 1.29 is 14.5 Å². The fourth-order valence-corrected chi connectivity index (χ4v) is 3.12. The molecule has 1 saturated carbocycles. The van der Waals surface area contributed by atoms with Crippen molar-refractivity contribution in [3.05, 3.63) is 0 Å². The van der Waals surface area contributed by atoms with E-state index in [1.54, 1.807) is 0 Å². The van der Waals surface area contributed by atoms with Gasteiger partial charge in [-0.1, -0.05) is 19.3 Å². The maximum absolute atomic E-state index is 5.57. The lowest BCUT2D eigenvalue weighted by molar-refractivity contribution is -0.547. The predicted molar refractivity (Wildman–Crippen MR) is 58.8 cm³/mol. The Morgan fingerprint density at radius 3 is 2.56 bits per heavy atom. The number of hydrogen-bond acceptors (Lipinski definition) is 4. The first-order valence-electron chi connectivity index (χ1n) is 6.59. The molecule has 0 bridgehead atoms. The predicted octanol–water partition coefficient (Wildman–Crippen LogP) is 1.70. The van der Waals surface area contributed by atoms with E-state index in [0.29, 0.717) is 6.10 Å². The van der Waals surface area contributed by atoms with Gasteiger partial charge in [-0.15, -0.1) is 0 Å². The minimum Gasteiger partial charge on any atom is -0.379 e. The van der Waals surface area contributed by atoms with Crippen molar-refractivity contribution >= 4 is 0 Å². The van der Waals surface area contributed by atoms with Crippen LogP contribution in [0.1, 0.15) is 38.5 Å². The lowest BCUT2D eigenvalue weighted by Gasteiger charge is -2.54. The van der Waals surface area contributed by atoms with Gasteiger partial charge in [-0.2, -0.15) is 0 Å². The van der Waals surface area contributed by atoms with Gasteiger partial charge >= 0.3 is 0 Å². The molecule has 4 nitrogen and oxygen atoms in total. The fourth-order valence-electron chi connectivity index (χ4n) is 3.12. The normalized spacial score (nSPS) is 41.6. The standard InChI is InChI=1S/C12H21NO3/c1-2-4-6-12(11(5-3-1)15-16-12)13-7-9-14-10-8-13/h11H,1-10H2. The van der Waals surface area contributed by atoms with Gasteiger partial charge in [-0.3, -0.25) is 4.90 Å². The van der Waals surface area contributed by atoms with Crippen LogP contribution in [-0.2, 0) is 14.5 Å². The molecular formula is C12H21NO3. The second kappa shape index (κ2) is 4.61. The topological polar surface area (TPSA) is 30.9 Å². The summed E-state index contributed by atoms with van der Waals surface area (Å²) >= 11 is 0. The van der Waals surface area contributed by atoms with Crippen LogP contribution in [0.15, 0.2) is 0 Å². The lowest BCUT2D eigenvalue weighted by atomic mass is 9.88. The maximum atomic E-state index is 5.57. The first-order chi connectivity index (χ1) is 7.92. The number of fused-ring (bicyclic) bond motifs is 1. The number of ether oxygens (including phenoxy) is 1. The monoisotopic (exact) mass is 227 g/mol. The summed E-state index contributed by atoms with van der Waals surface area (Å²) in [5, 5.41) is 0. The highest BCUT2D eigenvalue weighted by molar-refractivity contribution is 4.94. The average Bonchev–Trinajstić information content (AvgIpc) is 2.31. The molecule has 0 radical (unpaired) electrons. The third-order valence-electron chi connectivity index (χ3n) is 4.11. The zero-order valence-corrected chi connectivity index (χ0v) is 9.82. The molecule has 92 valence electrons. The number of hydrogen-bond donors (Lipinski definition) is 0. The van der Waals surface area contributed by atoms with Crippen molar-refractivity contribution in [2.45, 2.75) is 50.4 Å². The highest BCUT2D eigenvalue weighted by Gasteiger charge is 2.55. The van der Waals surface area contributed by atoms with Crippen LogP contribution in [0.4, 0.5) is 0 Å². The number of rotatable bonds is 1. The van der Waals surface area contributed by atoms with E-state index in [1.807, 2.05) is 0 Å². The molecule has 16 heavy (non-hydrogen) atoms. The Kier molecular flexibility index (Phi) is 3.16. The van der Waals surface area contributed by atoms with E-state index in [0.717, 1.165) is 39.1 Å². The van der Waals surface area contributed by atoms with Gasteiger partial charge in [-0.05, 0) is 19.3 Å². The average molecular weight is 227 g/mol. The summed E-state index contributed by atoms with van der Waals surface area (Å²) in [6, 6.07) is 0. The molecule has 3 rings (SSSR count). The Labute approximate surface area is 96.8 Å². The number of morpholine rings is 1. The van der Waals surface area contributed by atoms with Gasteiger partial charge in [0.2, 0.25) is 0 Å². The first-order valence-corrected chi connectivity index (χ1v) is 6.59. The van der Waals surface area contributed by atoms with E-state index in [4.69, 9.17) is 14.5 Å². The molecule has 0 amide bonds. The molecule has 0 N–H and O–H groups in total. The van der Waals surface area contributed by atoms with Gasteiger partial charge in [0.05, 0.1) is 13.2 Å². The van der Waals surface area contributed by atoms with E-state index in [2.05, 4.69) is 4.90 Å². The van der Waals surface area contributed by atoms with Gasteiger partial charge in [-0.25, -0.2) is 9.78 Å². The molecule has 0 aromatic carbocycles. The first kappa shape index (κ1) is 11.0. The van der Waals surface area contributed by atoms with Crippen LogP contribution < -0.4 is 0 Å². The summed E-state index contributed by atoms with van der Waals surface area (Å²) in [4.78, 5) is 13.4. The Morgan fingerprint density at radius 1 is 1.00 bits per heavy atom. The molecule has 0 spiro atoms. The van der Waals surface area contributed by atoms with Crippen LogP contribution in [0.25, 0.3) is 0 Å². The molecule has 4 heteroatoms. The fraction of sp³-hybridized carbons (Fsp3) is 1.00. The summed E-state index contributed by atoms with van der Waals surface area (Å²) in [6.45, 7) is 3.63. The minimum atomic E-state index is -0.107. The summed E-state index contributed by atoms with van der Waals surface area (Å²) < 4.78 is 5.41. The highest BCUT2D eigenvalue weighted by Crippen LogP contribution is 2.42. The number of nitrogens with zero attached hydrogens (tertiary/aromatic N) is 1. The second-order valence-corrected chi connectivity index (χ2v) is 5.07. The molecule has 2 unspecified atom stereocenters. The Hall–Kier alpha value is -0.160. The third kappa shape index (κ3) is 1.78. The zero-order valence-electron chi connectivity index (χ0n) is 9.82. The molecule has 2 heterocycles. The van der Waals surface area contributed by atoms with Crippen molar-refractivity contribution in [3.63, 3.8) is 0 Å². The highest BCUT2D eigenvalue weighted by atomic mass is 17.3. The van der Waals surface area contributed by atoms with E-state index in [1.165, 1.54) is 25.7 Å². The maximum Gasteiger partial charge on any atom is 0.186 e. The van der Waals surface area contributed by atoms with Crippen molar-refractivity contribution in [2.24, 2.45) is 0 Å². The molecule has 2 saturated heterocycles. The molecule has 3 aliphatic rings. The molecule has 3 fully saturated rings. The van der Waals surface area contributed by atoms with Gasteiger partial charge in [0.15, 0.2) is 5.72 Å². The van der Waals surface area contributed by atoms with Crippen LogP contribution in [0.5, 0.6) is 0 Å². The van der Waals surface area contributed by atoms with Crippen LogP contribution in [-0.4, -0.2) is 43.0 Å². The quantitative estimate of drug-likeness (QED) is 0.638. The molecular weight excluding hydrogens is 206 g/mol. The smallest absolute Gasteiger partial charge is 0.186 e. The molecule has 0 aromatic rings. The van der Waals surface area contributed by atoms with Crippen molar-refractivity contribution in [3.8, 4) is 0 Å². The zero-order chi connectivity index (χ0) is 10.8. The lowest BCUT2D eigenvalue weighted by Crippen LogP contribution is -2.68. The molecule has 2 atom stereocenters. The Balaban J connectivity index is 1.72. The third-order valence-corrected chi connectivity index (χ3v) is 4.11. The van der Waals surface area contributed by atoms with Gasteiger partial charge in [0.1, 0.15) is 6.10 Å². The molecule has 2 aliphatic heterocycles. The minimum absolute atomic E-state index is 0.107. The van der Waals surface area contributed by atoms with Crippen molar-refractivity contribution in [1.29, 1.82) is 0 Å². The van der Waals surface area contributed by atoms with Gasteiger partial charge in [0.25, 0.3) is 0 Å². The van der Waals surface area contributed by atoms with E-state index < -0.39 is 0 Å². The van der Waals surface area contributed by atoms with Crippen LogP contribution in [0.2, 0.25) is 0 Å². The largest absolute Gasteiger partial charge is 0.379 e. The molecule has 0 aromatic heterocycles. The Bertz CT molecular complexity index is 242. The summed E-state index contributed by atoms with van der Waals surface area (Å²) in [6.07, 6.45) is 7.79. The summed E-state index contributed by atoms with van der Waals surface area (Å²) in [5.41, 5.74) is -0.107. The van der Waals surface area contributed by atoms with E-state index in [-0.39, 0.29) is 5.72 Å². The summed E-state index contributed by atoms with van der Waals surface area (Å²) in [5.74, 6) is 0. The van der Waals surface area contributed by atoms with Gasteiger partial charge in [0, 0.05) is 13.1 Å². The van der Waals surface area contributed by atoms with Crippen LogP contribution >= 0.6 is 0 Å². The molecule has 1 aliphatic carbocycles. The second-order valence-electron chi connectivity index (χ2n) is 5.07. The SMILES string of the molecule is C1CCCC2(N3CCOCC3)OOC2CC1. The van der Waals surface area contributed by atoms with Crippen LogP contribution in [0, 0.1) is 0 Å². The van der Waals surface area contributed by atoms with E-state index in [9.17, 15) is 0 Å². The van der Waals surface area contributed by atoms with Crippen LogP contribution in [0.3, 0.4) is 0 Å². The van der Waals surface area contributed by atoms with Crippen molar-refractivity contribution in [2.75, 3.05) is 26.3 Å².